The average Bonchev–Trinajstić information content (AvgIpc) is 2.63. The molecule has 0 fully saturated rings. The Balaban J connectivity index is 0.00000280. The molecular weight excluding hydrogens is 602 g/mol. The molecule has 3 rings (SSSR count). The van der Waals surface area contributed by atoms with Crippen LogP contribution in [0.25, 0.3) is 0 Å². The molecule has 0 unspecified atom stereocenters. The Bertz CT molecular complexity index is 1000. The molecule has 0 aliphatic rings. The maximum Gasteiger partial charge on any atom is 1.00 e. The van der Waals surface area contributed by atoms with Gasteiger partial charge in [-0.15, -0.1) is 0 Å². The van der Waals surface area contributed by atoms with E-state index in [2.05, 4.69) is 47.8 Å². The average molecular weight is 616 g/mol. The quantitative estimate of drug-likeness (QED) is 0.194. The van der Waals surface area contributed by atoms with Crippen molar-refractivity contribution in [2.75, 3.05) is 0 Å². The van der Waals surface area contributed by atoms with Crippen LogP contribution in [-0.2, 0) is 10.1 Å². The van der Waals surface area contributed by atoms with Crippen molar-refractivity contribution >= 4 is 81.1 Å². The summed E-state index contributed by atoms with van der Waals surface area (Å²) in [5.74, 6) is 0. The van der Waals surface area contributed by atoms with Gasteiger partial charge in [0.1, 0.15) is 26.0 Å². The minimum atomic E-state index is -4.57. The predicted molar refractivity (Wildman–Crippen MR) is 123 cm³/mol. The third kappa shape index (κ3) is 4.84. The fourth-order valence-electron chi connectivity index (χ4n) is 3.04. The molecule has 9 heteroatoms. The first-order valence-electron chi connectivity index (χ1n) is 7.81. The fourth-order valence-corrected chi connectivity index (χ4v) is 12.8. The number of hydrogen-bond acceptors (Lipinski definition) is 3. The minimum Gasteiger partial charge on any atom is -0.744 e. The summed E-state index contributed by atoms with van der Waals surface area (Å²) in [6.45, 7) is 0. The summed E-state index contributed by atoms with van der Waals surface area (Å²) in [4.78, 5) is -0.243. The third-order valence-electron chi connectivity index (χ3n) is 4.16. The van der Waals surface area contributed by atoms with E-state index in [1.54, 1.807) is 6.07 Å². The van der Waals surface area contributed by atoms with Crippen molar-refractivity contribution in [3.05, 3.63) is 84.9 Å². The van der Waals surface area contributed by atoms with Gasteiger partial charge < -0.3 is 4.55 Å². The normalized spacial score (nSPS) is 12.3. The van der Waals surface area contributed by atoms with Gasteiger partial charge in [0, 0.05) is 0 Å². The van der Waals surface area contributed by atoms with Crippen molar-refractivity contribution in [1.82, 2.24) is 0 Å². The second-order valence-corrected chi connectivity index (χ2v) is 19.3. The zero-order valence-corrected chi connectivity index (χ0v) is 23.3. The topological polar surface area (TPSA) is 57.2 Å². The Kier molecular flexibility index (Phi) is 8.57. The maximum absolute atomic E-state index is 11.7. The zero-order chi connectivity index (χ0) is 19.7. The molecule has 0 radical (unpaired) electrons. The smallest absolute Gasteiger partial charge is 0.744 e. The molecular formula is C19H14Br3NaO3PS+. The molecule has 0 bridgehead atoms. The summed E-state index contributed by atoms with van der Waals surface area (Å²) < 4.78 is 34.2. The third-order valence-corrected chi connectivity index (χ3v) is 13.7. The van der Waals surface area contributed by atoms with Crippen LogP contribution in [0.4, 0.5) is 0 Å². The molecule has 3 aromatic carbocycles. The SMILES string of the molecule is O=S(=O)([O-])c1cccc([P+](c2ccccc2)(c2ccccc2)C(Br)(Br)Br)c1.[Na+]. The number of hydrogen-bond donors (Lipinski definition) is 0. The van der Waals surface area contributed by atoms with Crippen molar-refractivity contribution in [2.24, 2.45) is 0 Å². The number of halogens is 3. The molecule has 3 aromatic rings. The van der Waals surface area contributed by atoms with E-state index in [0.717, 1.165) is 15.9 Å². The van der Waals surface area contributed by atoms with Crippen LogP contribution in [-0.4, -0.2) is 14.9 Å². The summed E-state index contributed by atoms with van der Waals surface area (Å²) in [6.07, 6.45) is 0. The predicted octanol–water partition coefficient (Wildman–Crippen LogP) is 1.68. The zero-order valence-electron chi connectivity index (χ0n) is 14.8. The van der Waals surface area contributed by atoms with Gasteiger partial charge in [0.2, 0.25) is 0 Å². The molecule has 0 aliphatic carbocycles. The molecule has 0 saturated carbocycles. The summed E-state index contributed by atoms with van der Waals surface area (Å²) in [5, 5.41) is 2.78. The van der Waals surface area contributed by atoms with E-state index >= 15 is 0 Å². The first-order valence-corrected chi connectivity index (χ1v) is 13.4. The minimum absolute atomic E-state index is 0. The van der Waals surface area contributed by atoms with Crippen LogP contribution in [0.15, 0.2) is 89.8 Å². The summed E-state index contributed by atoms with van der Waals surface area (Å²) in [7, 11) is -7.06. The van der Waals surface area contributed by atoms with Gasteiger partial charge in [-0.2, -0.15) is 0 Å². The standard InChI is InChI=1S/C19H14Br3O3PS.Na/c20-19(21,22)26(15-8-3-1-4-9-15,16-10-5-2-6-11-16)17-12-7-13-18(14-17)27(23,24)25;/h1-14H;/q;+1. The van der Waals surface area contributed by atoms with E-state index in [0.29, 0.717) is 0 Å². The van der Waals surface area contributed by atoms with E-state index in [1.165, 1.54) is 12.1 Å². The Hall–Kier alpha value is 0.440. The van der Waals surface area contributed by atoms with Crippen LogP contribution in [0.1, 0.15) is 0 Å². The molecule has 140 valence electrons. The molecule has 0 amide bonds. The summed E-state index contributed by atoms with van der Waals surface area (Å²) in [5.41, 5.74) is 0. The van der Waals surface area contributed by atoms with E-state index < -0.39 is 19.3 Å². The summed E-state index contributed by atoms with van der Waals surface area (Å²) >= 11 is 11.2. The van der Waals surface area contributed by atoms with E-state index in [4.69, 9.17) is 0 Å². The molecule has 0 saturated heterocycles. The van der Waals surface area contributed by atoms with Gasteiger partial charge in [0.15, 0.2) is 7.26 Å². The Morgan fingerprint density at radius 1 is 0.714 bits per heavy atom. The van der Waals surface area contributed by atoms with Crippen molar-refractivity contribution in [1.29, 1.82) is 0 Å². The van der Waals surface area contributed by atoms with Crippen LogP contribution in [0.2, 0.25) is 0 Å². The second kappa shape index (κ2) is 9.71. The number of benzene rings is 3. The molecule has 3 nitrogen and oxygen atoms in total. The van der Waals surface area contributed by atoms with Crippen LogP contribution < -0.4 is 45.5 Å². The van der Waals surface area contributed by atoms with Crippen LogP contribution in [0.5, 0.6) is 0 Å². The van der Waals surface area contributed by atoms with Crippen molar-refractivity contribution in [2.45, 2.75) is 6.78 Å². The van der Waals surface area contributed by atoms with Gasteiger partial charge in [-0.25, -0.2) is 8.42 Å². The van der Waals surface area contributed by atoms with Gasteiger partial charge in [-0.3, -0.25) is 0 Å². The first kappa shape index (κ1) is 24.7. The van der Waals surface area contributed by atoms with E-state index in [-0.39, 0.29) is 34.5 Å². The van der Waals surface area contributed by atoms with E-state index in [1.807, 2.05) is 66.7 Å². The van der Waals surface area contributed by atoms with Gasteiger partial charge >= 0.3 is 29.6 Å². The molecule has 0 spiro atoms. The monoisotopic (exact) mass is 613 g/mol. The van der Waals surface area contributed by atoms with Gasteiger partial charge in [-0.05, 0) is 90.3 Å². The Morgan fingerprint density at radius 3 is 1.54 bits per heavy atom. The van der Waals surface area contributed by atoms with Gasteiger partial charge in [0.25, 0.3) is 1.88 Å². The Morgan fingerprint density at radius 2 is 1.14 bits per heavy atom. The molecule has 0 heterocycles. The first-order chi connectivity index (χ1) is 12.7. The molecule has 28 heavy (non-hydrogen) atoms. The maximum atomic E-state index is 11.7. The molecule has 0 aromatic heterocycles. The van der Waals surface area contributed by atoms with Gasteiger partial charge in [0.05, 0.1) is 4.90 Å². The van der Waals surface area contributed by atoms with E-state index in [9.17, 15) is 13.0 Å². The molecule has 0 aliphatic heterocycles. The molecule has 0 atom stereocenters. The Labute approximate surface area is 213 Å². The van der Waals surface area contributed by atoms with Crippen LogP contribution >= 0.6 is 55.1 Å². The largest absolute Gasteiger partial charge is 1.00 e. The van der Waals surface area contributed by atoms with Crippen molar-refractivity contribution in [3.63, 3.8) is 0 Å². The van der Waals surface area contributed by atoms with Crippen molar-refractivity contribution in [3.8, 4) is 0 Å². The van der Waals surface area contributed by atoms with Crippen LogP contribution in [0.3, 0.4) is 0 Å². The fraction of sp³-hybridized carbons (Fsp3) is 0.0526. The number of rotatable bonds is 4. The van der Waals surface area contributed by atoms with Crippen molar-refractivity contribution < 1.29 is 42.5 Å². The van der Waals surface area contributed by atoms with Crippen LogP contribution in [0, 0.1) is 0 Å². The van der Waals surface area contributed by atoms with Gasteiger partial charge in [-0.1, -0.05) is 42.5 Å². The molecule has 0 N–H and O–H groups in total. The summed E-state index contributed by atoms with van der Waals surface area (Å²) in [6, 6.07) is 26.0. The number of alkyl halides is 3. The second-order valence-electron chi connectivity index (χ2n) is 5.76.